The van der Waals surface area contributed by atoms with Gasteiger partial charge in [0.05, 0.1) is 43.0 Å². The number of rotatable bonds is 10. The van der Waals surface area contributed by atoms with Crippen LogP contribution in [0.1, 0.15) is 81.0 Å². The zero-order valence-electron chi connectivity index (χ0n) is 27.5. The highest BCUT2D eigenvalue weighted by Gasteiger charge is 2.58. The van der Waals surface area contributed by atoms with Crippen molar-refractivity contribution in [2.24, 2.45) is 21.7 Å². The van der Waals surface area contributed by atoms with E-state index in [-0.39, 0.29) is 35.2 Å². The van der Waals surface area contributed by atoms with E-state index >= 15 is 0 Å². The van der Waals surface area contributed by atoms with Gasteiger partial charge in [-0.3, -0.25) is 40.5 Å². The zero-order valence-corrected chi connectivity index (χ0v) is 27.5. The maximum Gasteiger partial charge on any atom is 0.338 e. The Morgan fingerprint density at radius 1 is 0.673 bits per heavy atom. The number of benzene rings is 2. The van der Waals surface area contributed by atoms with Crippen molar-refractivity contribution in [2.75, 3.05) is 13.2 Å². The van der Waals surface area contributed by atoms with E-state index in [4.69, 9.17) is 9.47 Å². The van der Waals surface area contributed by atoms with Crippen molar-refractivity contribution in [3.8, 4) is 0 Å². The van der Waals surface area contributed by atoms with E-state index in [2.05, 4.69) is 26.8 Å². The van der Waals surface area contributed by atoms with Crippen molar-refractivity contribution in [3.63, 3.8) is 0 Å². The highest BCUT2D eigenvalue weighted by molar-refractivity contribution is 5.92. The minimum absolute atomic E-state index is 0.168. The van der Waals surface area contributed by atoms with Gasteiger partial charge in [0.1, 0.15) is 13.2 Å². The lowest BCUT2D eigenvalue weighted by Crippen LogP contribution is -2.48. The molecule has 3 aliphatic rings. The number of nitrogens with zero attached hydrogens (tertiary/aromatic N) is 4. The fourth-order valence-electron chi connectivity index (χ4n) is 8.45. The van der Waals surface area contributed by atoms with Gasteiger partial charge in [0.25, 0.3) is 22.7 Å². The second-order valence-corrected chi connectivity index (χ2v) is 14.9. The molecule has 0 saturated heterocycles. The van der Waals surface area contributed by atoms with E-state index in [0.29, 0.717) is 19.3 Å². The molecule has 49 heavy (non-hydrogen) atoms. The van der Waals surface area contributed by atoms with Crippen LogP contribution in [0.5, 0.6) is 0 Å². The summed E-state index contributed by atoms with van der Waals surface area (Å²) >= 11 is 0. The molecule has 2 bridgehead atoms. The van der Waals surface area contributed by atoms with Gasteiger partial charge in [0, 0.05) is 29.7 Å². The number of non-ortho nitro benzene ring substituents is 4. The molecule has 2 aromatic rings. The van der Waals surface area contributed by atoms with Crippen LogP contribution in [0.4, 0.5) is 22.7 Å². The predicted octanol–water partition coefficient (Wildman–Crippen LogP) is 7.20. The third-order valence-electron chi connectivity index (χ3n) is 9.51. The molecule has 5 rings (SSSR count). The van der Waals surface area contributed by atoms with Crippen LogP contribution in [-0.2, 0) is 9.47 Å². The largest absolute Gasteiger partial charge is 0.461 e. The van der Waals surface area contributed by atoms with E-state index < -0.39 is 65.2 Å². The van der Waals surface area contributed by atoms with Crippen LogP contribution in [0, 0.1) is 62.1 Å². The number of nitro groups is 4. The molecular formula is C33H34N4O12. The Morgan fingerprint density at radius 3 is 1.57 bits per heavy atom. The van der Waals surface area contributed by atoms with Crippen LogP contribution in [0.25, 0.3) is 0 Å². The molecule has 0 heterocycles. The van der Waals surface area contributed by atoms with Gasteiger partial charge in [-0.2, -0.15) is 0 Å². The highest BCUT2D eigenvalue weighted by Crippen LogP contribution is 2.67. The summed E-state index contributed by atoms with van der Waals surface area (Å²) in [6, 6.07) is 5.18. The maximum absolute atomic E-state index is 13.4. The number of allylic oxidation sites excluding steroid dienone is 2. The highest BCUT2D eigenvalue weighted by atomic mass is 16.6. The molecule has 3 aliphatic carbocycles. The molecule has 16 nitrogen and oxygen atoms in total. The normalized spacial score (nSPS) is 23.2. The first-order valence-corrected chi connectivity index (χ1v) is 15.3. The van der Waals surface area contributed by atoms with Gasteiger partial charge >= 0.3 is 11.9 Å². The third kappa shape index (κ3) is 6.75. The molecule has 2 atom stereocenters. The van der Waals surface area contributed by atoms with Gasteiger partial charge in [-0.15, -0.1) is 0 Å². The lowest BCUT2D eigenvalue weighted by atomic mass is 9.49. The van der Waals surface area contributed by atoms with Gasteiger partial charge in [-0.05, 0) is 58.6 Å². The summed E-state index contributed by atoms with van der Waals surface area (Å²) in [6.45, 7) is 9.84. The number of esters is 2. The molecule has 1 fully saturated rings. The molecule has 0 aliphatic heterocycles. The molecular weight excluding hydrogens is 644 g/mol. The smallest absolute Gasteiger partial charge is 0.338 e. The van der Waals surface area contributed by atoms with Gasteiger partial charge in [-0.25, -0.2) is 9.59 Å². The molecule has 0 aromatic heterocycles. The number of nitro benzene ring substituents is 4. The molecule has 0 radical (unpaired) electrons. The van der Waals surface area contributed by atoms with Crippen molar-refractivity contribution in [1.29, 1.82) is 0 Å². The van der Waals surface area contributed by atoms with Crippen molar-refractivity contribution in [1.82, 2.24) is 0 Å². The first-order chi connectivity index (χ1) is 22.6. The Balaban J connectivity index is 1.54. The number of fused-ring (bicyclic) bond motifs is 4. The summed E-state index contributed by atoms with van der Waals surface area (Å²) in [5.74, 6) is -1.97. The topological polar surface area (TPSA) is 225 Å². The van der Waals surface area contributed by atoms with Crippen molar-refractivity contribution >= 4 is 34.7 Å². The Morgan fingerprint density at radius 2 is 1.12 bits per heavy atom. The zero-order chi connectivity index (χ0) is 36.3. The van der Waals surface area contributed by atoms with Crippen molar-refractivity contribution in [3.05, 3.63) is 111 Å². The second kappa shape index (κ2) is 11.9. The lowest BCUT2D eigenvalue weighted by Gasteiger charge is -2.56. The average molecular weight is 679 g/mol. The second-order valence-electron chi connectivity index (χ2n) is 14.9. The maximum atomic E-state index is 13.4. The number of carbonyl (C=O) groups is 2. The summed E-state index contributed by atoms with van der Waals surface area (Å²) in [7, 11) is 0. The molecule has 0 unspecified atom stereocenters. The summed E-state index contributed by atoms with van der Waals surface area (Å²) in [5.41, 5.74) is -2.59. The first-order valence-electron chi connectivity index (χ1n) is 15.3. The van der Waals surface area contributed by atoms with E-state index in [1.165, 1.54) is 0 Å². The van der Waals surface area contributed by atoms with Crippen LogP contribution in [0.15, 0.2) is 59.2 Å². The molecule has 0 spiro atoms. The minimum atomic E-state index is -0.995. The van der Waals surface area contributed by atoms with Crippen molar-refractivity contribution in [2.45, 2.75) is 60.3 Å². The number of hydrogen-bond donors (Lipinski definition) is 0. The molecule has 16 heteroatoms. The van der Waals surface area contributed by atoms with Crippen LogP contribution in [0.2, 0.25) is 0 Å². The quantitative estimate of drug-likeness (QED) is 0.138. The predicted molar refractivity (Wildman–Crippen MR) is 172 cm³/mol. The number of carbonyl (C=O) groups excluding carboxylic acids is 2. The Bertz CT molecular complexity index is 1850. The monoisotopic (exact) mass is 678 g/mol. The summed E-state index contributed by atoms with van der Waals surface area (Å²) in [6.07, 6.45) is 4.72. The van der Waals surface area contributed by atoms with Crippen LogP contribution in [-0.4, -0.2) is 44.8 Å². The number of ether oxygens (including phenoxy) is 2. The minimum Gasteiger partial charge on any atom is -0.461 e. The standard InChI is InChI=1S/C33H34N4O12/c1-30(2)15-32(5)13-21-12-31(3,4)26(14-48-28(38)19-6-22(34(40)41)10-23(7-19)35(42)43)27(21)33(16-30,17-32)18-49-29(39)20-8-24(36(44)45)11-25(9-20)37(46)47/h6-11,13H,12,14-18H2,1-5H3/t32-,33+/m1/s1. The lowest BCUT2D eigenvalue weighted by molar-refractivity contribution is -0.394. The van der Waals surface area contributed by atoms with Gasteiger partial charge < -0.3 is 9.47 Å². The van der Waals surface area contributed by atoms with Crippen LogP contribution >= 0.6 is 0 Å². The van der Waals surface area contributed by atoms with E-state index in [0.717, 1.165) is 59.5 Å². The first kappa shape index (κ1) is 34.8. The van der Waals surface area contributed by atoms with Crippen molar-refractivity contribution < 1.29 is 38.8 Å². The summed E-state index contributed by atoms with van der Waals surface area (Å²) in [5, 5.41) is 45.7. The molecule has 0 N–H and O–H groups in total. The Hall–Kier alpha value is -5.54. The van der Waals surface area contributed by atoms with Gasteiger partial charge in [0.2, 0.25) is 0 Å². The van der Waals surface area contributed by atoms with E-state index in [1.807, 2.05) is 13.8 Å². The van der Waals surface area contributed by atoms with E-state index in [1.54, 1.807) is 0 Å². The fourth-order valence-corrected chi connectivity index (χ4v) is 8.45. The summed E-state index contributed by atoms with van der Waals surface area (Å²) in [4.78, 5) is 68.9. The van der Waals surface area contributed by atoms with E-state index in [9.17, 15) is 50.0 Å². The third-order valence-corrected chi connectivity index (χ3v) is 9.51. The average Bonchev–Trinajstić information content (AvgIpc) is 3.25. The fraction of sp³-hybridized carbons (Fsp3) is 0.455. The van der Waals surface area contributed by atoms with Gasteiger partial charge in [-0.1, -0.05) is 40.7 Å². The van der Waals surface area contributed by atoms with Crippen LogP contribution < -0.4 is 0 Å². The summed E-state index contributed by atoms with van der Waals surface area (Å²) < 4.78 is 11.5. The Kier molecular flexibility index (Phi) is 8.42. The molecule has 0 amide bonds. The van der Waals surface area contributed by atoms with Gasteiger partial charge in [0.15, 0.2) is 0 Å². The number of hydrogen-bond acceptors (Lipinski definition) is 12. The Labute approximate surface area is 279 Å². The molecule has 2 aromatic carbocycles. The van der Waals surface area contributed by atoms with Crippen LogP contribution in [0.3, 0.4) is 0 Å². The SMILES string of the molecule is CC1(C)C[C@@]2(C)C=C3CC(C)(C)C(COC(=O)c4cc([N+](=O)[O-])cc([N+](=O)[O-])c4)=C3[C@@](COC(=O)c3cc([N+](=O)[O-])cc([N+](=O)[O-])c3)(C1)C2. The molecule has 1 saturated carbocycles. The molecule has 258 valence electrons.